The van der Waals surface area contributed by atoms with E-state index in [9.17, 15) is 4.79 Å². The Bertz CT molecular complexity index is 934. The molecule has 0 radical (unpaired) electrons. The van der Waals surface area contributed by atoms with Crippen molar-refractivity contribution in [2.24, 2.45) is 0 Å². The lowest BCUT2D eigenvalue weighted by molar-refractivity contribution is 0.0631. The van der Waals surface area contributed by atoms with Gasteiger partial charge in [0.1, 0.15) is 12.1 Å². The lowest BCUT2D eigenvalue weighted by Gasteiger charge is -2.37. The van der Waals surface area contributed by atoms with E-state index < -0.39 is 0 Å². The van der Waals surface area contributed by atoms with E-state index in [1.807, 2.05) is 47.4 Å². The van der Waals surface area contributed by atoms with Crippen molar-refractivity contribution in [2.75, 3.05) is 26.7 Å². The van der Waals surface area contributed by atoms with Crippen LogP contribution in [0.15, 0.2) is 54.9 Å². The number of para-hydroxylation sites is 1. The highest BCUT2D eigenvalue weighted by atomic mass is 35.5. The van der Waals surface area contributed by atoms with Crippen LogP contribution in [-0.4, -0.2) is 57.8 Å². The van der Waals surface area contributed by atoms with Gasteiger partial charge >= 0.3 is 0 Å². The van der Waals surface area contributed by atoms with Crippen LogP contribution < -0.4 is 10.1 Å². The molecule has 1 N–H and O–H groups in total. The summed E-state index contributed by atoms with van der Waals surface area (Å²) >= 11 is 0. The molecule has 9 heteroatoms. The summed E-state index contributed by atoms with van der Waals surface area (Å²) in [6.45, 7) is 2.06. The second-order valence-electron chi connectivity index (χ2n) is 6.27. The van der Waals surface area contributed by atoms with E-state index in [4.69, 9.17) is 4.74 Å². The molecule has 0 bridgehead atoms. The molecule has 3 aromatic rings. The van der Waals surface area contributed by atoms with Gasteiger partial charge < -0.3 is 15.0 Å². The number of benzene rings is 2. The number of piperazine rings is 1. The van der Waals surface area contributed by atoms with Crippen LogP contribution in [0.4, 0.5) is 0 Å². The summed E-state index contributed by atoms with van der Waals surface area (Å²) in [5.74, 6) is 0.758. The van der Waals surface area contributed by atoms with Crippen molar-refractivity contribution in [1.82, 2.24) is 30.4 Å². The number of carbonyl (C=O) groups excluding carboxylic acids is 1. The van der Waals surface area contributed by atoms with Crippen LogP contribution >= 0.6 is 12.4 Å². The fraction of sp³-hybridized carbons (Fsp3) is 0.263. The number of ether oxygens (including phenoxy) is 1. The third kappa shape index (κ3) is 3.83. The van der Waals surface area contributed by atoms with Gasteiger partial charge in [-0.05, 0) is 34.7 Å². The van der Waals surface area contributed by atoms with E-state index in [0.29, 0.717) is 18.7 Å². The van der Waals surface area contributed by atoms with Gasteiger partial charge in [0.05, 0.1) is 18.8 Å². The SMILES string of the molecule is COc1ccccc1C1CNCCN1C(=O)c1cccc(-n2cnnn2)c1.Cl. The Hall–Kier alpha value is -2.97. The van der Waals surface area contributed by atoms with Gasteiger partial charge in [-0.1, -0.05) is 24.3 Å². The zero-order valence-electron chi connectivity index (χ0n) is 15.4. The van der Waals surface area contributed by atoms with Crippen molar-refractivity contribution in [3.05, 3.63) is 66.0 Å². The number of nitrogens with one attached hydrogen (secondary N) is 1. The number of tetrazole rings is 1. The Balaban J connectivity index is 0.00000225. The molecule has 1 amide bonds. The number of nitrogens with zero attached hydrogens (tertiary/aromatic N) is 5. The summed E-state index contributed by atoms with van der Waals surface area (Å²) < 4.78 is 7.04. The summed E-state index contributed by atoms with van der Waals surface area (Å²) in [6.07, 6.45) is 1.51. The van der Waals surface area contributed by atoms with E-state index in [-0.39, 0.29) is 24.4 Å². The van der Waals surface area contributed by atoms with Gasteiger partial charge in [-0.25, -0.2) is 4.68 Å². The molecule has 1 aliphatic heterocycles. The molecule has 0 aliphatic carbocycles. The molecular formula is C19H21ClN6O2. The molecule has 4 rings (SSSR count). The smallest absolute Gasteiger partial charge is 0.254 e. The summed E-state index contributed by atoms with van der Waals surface area (Å²) in [6, 6.07) is 15.1. The number of carbonyl (C=O) groups is 1. The van der Waals surface area contributed by atoms with E-state index >= 15 is 0 Å². The van der Waals surface area contributed by atoms with Gasteiger partial charge in [0.2, 0.25) is 0 Å². The highest BCUT2D eigenvalue weighted by Crippen LogP contribution is 2.31. The molecule has 2 heterocycles. The van der Waals surface area contributed by atoms with Gasteiger partial charge in [-0.2, -0.15) is 0 Å². The molecule has 2 aromatic carbocycles. The van der Waals surface area contributed by atoms with Crippen LogP contribution in [0.25, 0.3) is 5.69 Å². The fourth-order valence-corrected chi connectivity index (χ4v) is 3.39. The van der Waals surface area contributed by atoms with E-state index in [0.717, 1.165) is 23.5 Å². The zero-order valence-corrected chi connectivity index (χ0v) is 16.2. The molecule has 28 heavy (non-hydrogen) atoms. The van der Waals surface area contributed by atoms with Crippen LogP contribution in [0.2, 0.25) is 0 Å². The summed E-state index contributed by atoms with van der Waals surface area (Å²) in [4.78, 5) is 15.2. The van der Waals surface area contributed by atoms with Gasteiger partial charge in [0.25, 0.3) is 5.91 Å². The van der Waals surface area contributed by atoms with Gasteiger partial charge in [0.15, 0.2) is 0 Å². The van der Waals surface area contributed by atoms with E-state index in [1.165, 1.54) is 11.0 Å². The lowest BCUT2D eigenvalue weighted by atomic mass is 10.0. The van der Waals surface area contributed by atoms with Crippen molar-refractivity contribution >= 4 is 18.3 Å². The maximum Gasteiger partial charge on any atom is 0.254 e. The second-order valence-corrected chi connectivity index (χ2v) is 6.27. The van der Waals surface area contributed by atoms with Crippen molar-refractivity contribution < 1.29 is 9.53 Å². The summed E-state index contributed by atoms with van der Waals surface area (Å²) in [7, 11) is 1.65. The van der Waals surface area contributed by atoms with Gasteiger partial charge in [-0.15, -0.1) is 17.5 Å². The number of hydrogen-bond donors (Lipinski definition) is 1. The molecule has 1 atom stereocenters. The fourth-order valence-electron chi connectivity index (χ4n) is 3.39. The Kier molecular flexibility index (Phi) is 6.23. The van der Waals surface area contributed by atoms with Crippen LogP contribution in [0.1, 0.15) is 22.0 Å². The largest absolute Gasteiger partial charge is 0.496 e. The normalized spacial score (nSPS) is 16.3. The number of hydrogen-bond acceptors (Lipinski definition) is 6. The Morgan fingerprint density at radius 2 is 2.07 bits per heavy atom. The molecular weight excluding hydrogens is 380 g/mol. The highest BCUT2D eigenvalue weighted by Gasteiger charge is 2.30. The quantitative estimate of drug-likeness (QED) is 0.719. The number of halogens is 1. The molecule has 8 nitrogen and oxygen atoms in total. The molecule has 1 aromatic heterocycles. The van der Waals surface area contributed by atoms with Crippen LogP contribution in [0, 0.1) is 0 Å². The zero-order chi connectivity index (χ0) is 18.6. The van der Waals surface area contributed by atoms with Gasteiger partial charge in [-0.3, -0.25) is 4.79 Å². The molecule has 1 unspecified atom stereocenters. The average molecular weight is 401 g/mol. The predicted octanol–water partition coefficient (Wildman–Crippen LogP) is 1.88. The molecule has 0 spiro atoms. The monoisotopic (exact) mass is 400 g/mol. The first-order valence-corrected chi connectivity index (χ1v) is 8.76. The van der Waals surface area contributed by atoms with Crippen molar-refractivity contribution in [3.63, 3.8) is 0 Å². The minimum Gasteiger partial charge on any atom is -0.496 e. The number of rotatable bonds is 4. The van der Waals surface area contributed by atoms with Crippen LogP contribution in [0.3, 0.4) is 0 Å². The first-order valence-electron chi connectivity index (χ1n) is 8.76. The molecule has 1 aliphatic rings. The Morgan fingerprint density at radius 3 is 2.86 bits per heavy atom. The maximum absolute atomic E-state index is 13.3. The summed E-state index contributed by atoms with van der Waals surface area (Å²) in [5.41, 5.74) is 2.34. The van der Waals surface area contributed by atoms with E-state index in [2.05, 4.69) is 20.8 Å². The second kappa shape index (κ2) is 8.81. The maximum atomic E-state index is 13.3. The van der Waals surface area contributed by atoms with E-state index in [1.54, 1.807) is 13.2 Å². The van der Waals surface area contributed by atoms with Gasteiger partial charge in [0, 0.05) is 30.8 Å². The first-order chi connectivity index (χ1) is 13.3. The first kappa shape index (κ1) is 19.8. The highest BCUT2D eigenvalue weighted by molar-refractivity contribution is 5.95. The number of amides is 1. The molecule has 146 valence electrons. The predicted molar refractivity (Wildman–Crippen MR) is 106 cm³/mol. The van der Waals surface area contributed by atoms with Crippen molar-refractivity contribution in [2.45, 2.75) is 6.04 Å². The third-order valence-corrected chi connectivity index (χ3v) is 4.71. The minimum absolute atomic E-state index is 0. The lowest BCUT2D eigenvalue weighted by Crippen LogP contribution is -2.48. The minimum atomic E-state index is -0.0981. The Labute approximate surface area is 168 Å². The summed E-state index contributed by atoms with van der Waals surface area (Å²) in [5, 5.41) is 14.6. The molecule has 1 fully saturated rings. The van der Waals surface area contributed by atoms with Crippen molar-refractivity contribution in [1.29, 1.82) is 0 Å². The molecule has 0 saturated carbocycles. The van der Waals surface area contributed by atoms with Crippen molar-refractivity contribution in [3.8, 4) is 11.4 Å². The number of methoxy groups -OCH3 is 1. The molecule has 1 saturated heterocycles. The Morgan fingerprint density at radius 1 is 1.21 bits per heavy atom. The van der Waals surface area contributed by atoms with Crippen LogP contribution in [-0.2, 0) is 0 Å². The topological polar surface area (TPSA) is 85.2 Å². The average Bonchev–Trinajstić information content (AvgIpc) is 3.28. The number of aromatic nitrogens is 4. The third-order valence-electron chi connectivity index (χ3n) is 4.71. The van der Waals surface area contributed by atoms with Crippen LogP contribution in [0.5, 0.6) is 5.75 Å². The standard InChI is InChI=1S/C19H20N6O2.ClH/c1-27-18-8-3-2-7-16(18)17-12-20-9-10-24(17)19(26)14-5-4-6-15(11-14)25-13-21-22-23-25;/h2-8,11,13,17,20H,9-10,12H2,1H3;1H.